The van der Waals surface area contributed by atoms with Gasteiger partial charge < -0.3 is 4.90 Å². The van der Waals surface area contributed by atoms with Crippen molar-refractivity contribution in [2.75, 3.05) is 14.0 Å². The smallest absolute Gasteiger partial charge is 0.267 e. The fourth-order valence-electron chi connectivity index (χ4n) is 2.19. The molecule has 118 valence electrons. The van der Waals surface area contributed by atoms with Crippen LogP contribution in [-0.4, -0.2) is 46.9 Å². The number of nitrogens with one attached hydrogen (secondary N) is 1. The highest BCUT2D eigenvalue weighted by Crippen LogP contribution is 2.15. The molecule has 2 aromatic rings. The lowest BCUT2D eigenvalue weighted by atomic mass is 10.1. The number of hydrazine groups is 1. The molecule has 1 atom stereocenters. The average molecular weight is 313 g/mol. The number of pyridine rings is 1. The van der Waals surface area contributed by atoms with Crippen LogP contribution in [0.5, 0.6) is 0 Å². The number of allylic oxidation sites excluding steroid dienone is 1. The van der Waals surface area contributed by atoms with Crippen molar-refractivity contribution in [1.82, 2.24) is 20.3 Å². The standard InChI is InChI=1S/C16H18N6O/c1-21-10-4-9-19-16(21,17)20-22(2)15(23)13-6-7-14-12(11-13)5-3-8-18-14/h3-11,20H,17H2,1-2H3/i2D3. The maximum absolute atomic E-state index is 12.9. The van der Waals surface area contributed by atoms with Gasteiger partial charge in [-0.05, 0) is 30.3 Å². The van der Waals surface area contributed by atoms with Crippen LogP contribution in [0.3, 0.4) is 0 Å². The van der Waals surface area contributed by atoms with Gasteiger partial charge in [0.1, 0.15) is 0 Å². The first-order chi connectivity index (χ1) is 12.2. The monoisotopic (exact) mass is 313 g/mol. The molecule has 23 heavy (non-hydrogen) atoms. The molecule has 0 saturated heterocycles. The van der Waals surface area contributed by atoms with Crippen molar-refractivity contribution in [2.45, 2.75) is 5.91 Å². The number of hydrogen-bond donors (Lipinski definition) is 2. The summed E-state index contributed by atoms with van der Waals surface area (Å²) in [5.41, 5.74) is 9.54. The number of amides is 1. The van der Waals surface area contributed by atoms with E-state index in [1.54, 1.807) is 49.8 Å². The lowest BCUT2D eigenvalue weighted by molar-refractivity contribution is 0.0329. The summed E-state index contributed by atoms with van der Waals surface area (Å²) >= 11 is 0. The van der Waals surface area contributed by atoms with Crippen molar-refractivity contribution in [3.8, 4) is 0 Å². The molecule has 1 amide bonds. The van der Waals surface area contributed by atoms with E-state index in [2.05, 4.69) is 15.4 Å². The lowest BCUT2D eigenvalue weighted by Gasteiger charge is -2.38. The molecule has 2 heterocycles. The number of aromatic nitrogens is 1. The van der Waals surface area contributed by atoms with Crippen molar-refractivity contribution in [1.29, 1.82) is 0 Å². The number of carbonyl (C=O) groups is 1. The molecule has 7 nitrogen and oxygen atoms in total. The number of benzene rings is 1. The zero-order chi connectivity index (χ0) is 18.9. The molecule has 0 fully saturated rings. The van der Waals surface area contributed by atoms with E-state index in [-0.39, 0.29) is 5.56 Å². The second-order valence-electron chi connectivity index (χ2n) is 5.12. The van der Waals surface area contributed by atoms with Gasteiger partial charge in [-0.3, -0.25) is 20.5 Å². The highest BCUT2D eigenvalue weighted by molar-refractivity contribution is 5.97. The van der Waals surface area contributed by atoms with E-state index in [0.717, 1.165) is 5.39 Å². The number of nitrogens with two attached hydrogens (primary N) is 1. The molecule has 1 unspecified atom stereocenters. The molecule has 0 radical (unpaired) electrons. The number of hydrogen-bond acceptors (Lipinski definition) is 6. The van der Waals surface area contributed by atoms with E-state index in [1.807, 2.05) is 0 Å². The van der Waals surface area contributed by atoms with Gasteiger partial charge in [-0.15, -0.1) is 0 Å². The third-order valence-corrected chi connectivity index (χ3v) is 3.53. The summed E-state index contributed by atoms with van der Waals surface area (Å²) < 4.78 is 23.2. The molecule has 0 bridgehead atoms. The fraction of sp³-hybridized carbons (Fsp3) is 0.188. The van der Waals surface area contributed by atoms with E-state index in [0.29, 0.717) is 10.5 Å². The van der Waals surface area contributed by atoms with Gasteiger partial charge in [-0.25, -0.2) is 4.99 Å². The molecule has 3 N–H and O–H groups in total. The Hall–Kier alpha value is -2.77. The van der Waals surface area contributed by atoms with Crippen LogP contribution in [0.15, 0.2) is 53.8 Å². The Labute approximate surface area is 138 Å². The predicted octanol–water partition coefficient (Wildman–Crippen LogP) is 0.911. The molecule has 0 spiro atoms. The normalized spacial score (nSPS) is 22.5. The van der Waals surface area contributed by atoms with Gasteiger partial charge in [0.15, 0.2) is 0 Å². The Morgan fingerprint density at radius 3 is 3.13 bits per heavy atom. The number of aliphatic imine (C=N–C) groups is 1. The number of fused-ring (bicyclic) bond motifs is 1. The summed E-state index contributed by atoms with van der Waals surface area (Å²) in [5, 5.41) is 1.25. The molecule has 1 aliphatic rings. The quantitative estimate of drug-likeness (QED) is 0.650. The summed E-state index contributed by atoms with van der Waals surface area (Å²) in [6, 6.07) is 8.30. The third-order valence-electron chi connectivity index (χ3n) is 3.53. The van der Waals surface area contributed by atoms with Crippen LogP contribution in [0.2, 0.25) is 0 Å². The minimum atomic E-state index is -2.77. The topological polar surface area (TPSA) is 86.9 Å². The minimum absolute atomic E-state index is 0.190. The van der Waals surface area contributed by atoms with Gasteiger partial charge in [0.2, 0.25) is 0 Å². The van der Waals surface area contributed by atoms with Gasteiger partial charge in [0, 0.05) is 47.7 Å². The molecule has 3 rings (SSSR count). The summed E-state index contributed by atoms with van der Waals surface area (Å²) in [6.45, 7) is -2.77. The first-order valence-corrected chi connectivity index (χ1v) is 6.92. The van der Waals surface area contributed by atoms with E-state index in [9.17, 15) is 4.79 Å². The van der Waals surface area contributed by atoms with E-state index in [4.69, 9.17) is 9.85 Å². The number of carbonyl (C=O) groups excluding carboxylic acids is 1. The molecule has 0 aliphatic carbocycles. The average Bonchev–Trinajstić information content (AvgIpc) is 2.60. The Balaban J connectivity index is 1.95. The minimum Gasteiger partial charge on any atom is -0.331 e. The van der Waals surface area contributed by atoms with Crippen LogP contribution in [0, 0.1) is 0 Å². The highest BCUT2D eigenvalue weighted by Gasteiger charge is 2.31. The zero-order valence-corrected chi connectivity index (χ0v) is 12.5. The Morgan fingerprint density at radius 1 is 1.48 bits per heavy atom. The summed E-state index contributed by atoms with van der Waals surface area (Å²) in [4.78, 5) is 22.6. The van der Waals surface area contributed by atoms with Gasteiger partial charge in [-0.1, -0.05) is 6.07 Å². The van der Waals surface area contributed by atoms with Crippen molar-refractivity contribution in [2.24, 2.45) is 10.7 Å². The molecular formula is C16H18N6O. The van der Waals surface area contributed by atoms with Gasteiger partial charge in [0.25, 0.3) is 11.8 Å². The zero-order valence-electron chi connectivity index (χ0n) is 15.5. The van der Waals surface area contributed by atoms with Crippen LogP contribution < -0.4 is 11.2 Å². The SMILES string of the molecule is [2H]C([2H])([2H])N(NC1(N)N=CC=CN1C)C(=O)c1ccc2ncccc2c1. The largest absolute Gasteiger partial charge is 0.331 e. The van der Waals surface area contributed by atoms with Crippen LogP contribution in [0.4, 0.5) is 0 Å². The Morgan fingerprint density at radius 2 is 2.35 bits per heavy atom. The first-order valence-electron chi connectivity index (χ1n) is 8.42. The lowest BCUT2D eigenvalue weighted by Crippen LogP contribution is -2.67. The van der Waals surface area contributed by atoms with Crippen molar-refractivity contribution < 1.29 is 8.91 Å². The van der Waals surface area contributed by atoms with Crippen LogP contribution in [-0.2, 0) is 0 Å². The van der Waals surface area contributed by atoms with Crippen molar-refractivity contribution >= 4 is 23.0 Å². The number of nitrogens with zero attached hydrogens (tertiary/aromatic N) is 4. The predicted molar refractivity (Wildman–Crippen MR) is 89.3 cm³/mol. The summed E-state index contributed by atoms with van der Waals surface area (Å²) in [5.74, 6) is -2.35. The second-order valence-corrected chi connectivity index (χ2v) is 5.12. The second kappa shape index (κ2) is 5.79. The van der Waals surface area contributed by atoms with Crippen LogP contribution >= 0.6 is 0 Å². The molecule has 0 saturated carbocycles. The number of rotatable bonds is 3. The molecule has 1 aliphatic heterocycles. The molecule has 1 aromatic heterocycles. The maximum Gasteiger partial charge on any atom is 0.267 e. The summed E-state index contributed by atoms with van der Waals surface area (Å²) in [7, 11) is 1.61. The van der Waals surface area contributed by atoms with Crippen molar-refractivity contribution in [3.63, 3.8) is 0 Å². The van der Waals surface area contributed by atoms with Gasteiger partial charge in [0.05, 0.1) is 5.52 Å². The summed E-state index contributed by atoms with van der Waals surface area (Å²) in [6.07, 6.45) is 6.33. The fourth-order valence-corrected chi connectivity index (χ4v) is 2.19. The van der Waals surface area contributed by atoms with Crippen molar-refractivity contribution in [3.05, 3.63) is 54.4 Å². The van der Waals surface area contributed by atoms with E-state index >= 15 is 0 Å². The molecule has 7 heteroatoms. The van der Waals surface area contributed by atoms with Crippen LogP contribution in [0.1, 0.15) is 14.5 Å². The highest BCUT2D eigenvalue weighted by atomic mass is 16.2. The molecular weight excluding hydrogens is 292 g/mol. The Bertz CT molecular complexity index is 897. The molecule has 1 aromatic carbocycles. The van der Waals surface area contributed by atoms with Gasteiger partial charge in [-0.2, -0.15) is 5.43 Å². The third kappa shape index (κ3) is 2.92. The Kier molecular flexibility index (Phi) is 2.96. The first kappa shape index (κ1) is 11.8. The van der Waals surface area contributed by atoms with Crippen LogP contribution in [0.25, 0.3) is 10.9 Å². The van der Waals surface area contributed by atoms with E-state index in [1.165, 1.54) is 17.2 Å². The van der Waals surface area contributed by atoms with E-state index < -0.39 is 18.8 Å². The maximum atomic E-state index is 12.9. The van der Waals surface area contributed by atoms with Gasteiger partial charge >= 0.3 is 0 Å².